The molecule has 0 aromatic heterocycles. The minimum Gasteiger partial charge on any atom is -0.490 e. The number of esters is 4. The van der Waals surface area contributed by atoms with Crippen LogP contribution in [0, 0.1) is 0 Å². The van der Waals surface area contributed by atoms with Gasteiger partial charge in [0.1, 0.15) is 37.9 Å². The Morgan fingerprint density at radius 1 is 0.659 bits per heavy atom. The van der Waals surface area contributed by atoms with E-state index in [9.17, 15) is 19.2 Å². The van der Waals surface area contributed by atoms with Crippen LogP contribution in [0.5, 0.6) is 11.5 Å². The Labute approximate surface area is 257 Å². The highest BCUT2D eigenvalue weighted by Crippen LogP contribution is 2.33. The van der Waals surface area contributed by atoms with Crippen molar-refractivity contribution < 1.29 is 47.6 Å². The molecule has 0 aliphatic heterocycles. The van der Waals surface area contributed by atoms with Crippen molar-refractivity contribution in [3.05, 3.63) is 110 Å². The van der Waals surface area contributed by atoms with Crippen molar-refractivity contribution in [2.45, 2.75) is 38.4 Å². The second-order valence-electron chi connectivity index (χ2n) is 10.0. The summed E-state index contributed by atoms with van der Waals surface area (Å²) < 4.78 is 32.1. The molecule has 0 saturated heterocycles. The third-order valence-corrected chi connectivity index (χ3v) is 6.25. The molecule has 2 atom stereocenters. The van der Waals surface area contributed by atoms with E-state index in [2.05, 4.69) is 40.2 Å². The smallest absolute Gasteiger partial charge is 0.333 e. The van der Waals surface area contributed by atoms with Crippen LogP contribution in [0.3, 0.4) is 0 Å². The molecule has 0 bridgehead atoms. The standard InChI is InChI=1S/C34H38O10/c1-8-30(35)41-21-28(43-31(36)9-2)19-39-26-15-11-24(12-16-26)34(6,7)25-13-17-27(18-14-25)40-20-29(44-32(37)10-3)22-42-33(38)23(4)5/h8-18,28-29H,1-4,19-22H2,5-7H3. The quantitative estimate of drug-likeness (QED) is 0.133. The predicted octanol–water partition coefficient (Wildman–Crippen LogP) is 4.81. The maximum Gasteiger partial charge on any atom is 0.333 e. The molecule has 0 saturated carbocycles. The van der Waals surface area contributed by atoms with Crippen LogP contribution < -0.4 is 9.47 Å². The Kier molecular flexibility index (Phi) is 13.6. The predicted molar refractivity (Wildman–Crippen MR) is 163 cm³/mol. The number of hydrogen-bond acceptors (Lipinski definition) is 10. The van der Waals surface area contributed by atoms with Crippen molar-refractivity contribution in [3.8, 4) is 11.5 Å². The van der Waals surface area contributed by atoms with Crippen molar-refractivity contribution in [3.63, 3.8) is 0 Å². The molecule has 0 radical (unpaired) electrons. The molecule has 234 valence electrons. The molecule has 0 amide bonds. The number of hydrogen-bond donors (Lipinski definition) is 0. The fraction of sp³-hybridized carbons (Fsp3) is 0.294. The van der Waals surface area contributed by atoms with Crippen molar-refractivity contribution in [2.75, 3.05) is 26.4 Å². The van der Waals surface area contributed by atoms with E-state index in [0.717, 1.165) is 29.4 Å². The Balaban J connectivity index is 2.03. The number of carbonyl (C=O) groups excluding carboxylic acids is 4. The average Bonchev–Trinajstić information content (AvgIpc) is 3.03. The number of rotatable bonds is 18. The fourth-order valence-corrected chi connectivity index (χ4v) is 3.66. The van der Waals surface area contributed by atoms with Crippen molar-refractivity contribution in [1.29, 1.82) is 0 Å². The van der Waals surface area contributed by atoms with Crippen LogP contribution in [-0.4, -0.2) is 62.5 Å². The lowest BCUT2D eigenvalue weighted by Gasteiger charge is -2.27. The summed E-state index contributed by atoms with van der Waals surface area (Å²) in [5.74, 6) is -1.50. The molecule has 0 fully saturated rings. The van der Waals surface area contributed by atoms with Gasteiger partial charge in [0.2, 0.25) is 0 Å². The summed E-state index contributed by atoms with van der Waals surface area (Å²) in [7, 11) is 0. The average molecular weight is 607 g/mol. The summed E-state index contributed by atoms with van der Waals surface area (Å²) in [4.78, 5) is 46.5. The number of carbonyl (C=O) groups is 4. The third-order valence-electron chi connectivity index (χ3n) is 6.25. The van der Waals surface area contributed by atoms with Gasteiger partial charge in [0.25, 0.3) is 0 Å². The molecule has 10 heteroatoms. The van der Waals surface area contributed by atoms with E-state index < -0.39 is 41.5 Å². The fourth-order valence-electron chi connectivity index (χ4n) is 3.66. The van der Waals surface area contributed by atoms with Crippen LogP contribution in [-0.2, 0) is 43.5 Å². The molecule has 44 heavy (non-hydrogen) atoms. The monoisotopic (exact) mass is 606 g/mol. The van der Waals surface area contributed by atoms with Gasteiger partial charge >= 0.3 is 23.9 Å². The molecule has 0 heterocycles. The largest absolute Gasteiger partial charge is 0.490 e. The summed E-state index contributed by atoms with van der Waals surface area (Å²) >= 11 is 0. The van der Waals surface area contributed by atoms with E-state index in [-0.39, 0.29) is 32.0 Å². The lowest BCUT2D eigenvalue weighted by Crippen LogP contribution is -2.30. The molecule has 2 aromatic rings. The first-order chi connectivity index (χ1) is 20.9. The van der Waals surface area contributed by atoms with Crippen LogP contribution in [0.25, 0.3) is 0 Å². The van der Waals surface area contributed by atoms with Gasteiger partial charge in [-0.2, -0.15) is 0 Å². The second kappa shape index (κ2) is 17.1. The minimum absolute atomic E-state index is 0.0435. The summed E-state index contributed by atoms with van der Waals surface area (Å²) in [5.41, 5.74) is 1.84. The second-order valence-corrected chi connectivity index (χ2v) is 10.0. The zero-order valence-corrected chi connectivity index (χ0v) is 25.2. The molecule has 2 rings (SSSR count). The van der Waals surface area contributed by atoms with Gasteiger partial charge in [-0.05, 0) is 42.3 Å². The minimum atomic E-state index is -0.841. The van der Waals surface area contributed by atoms with Gasteiger partial charge in [-0.15, -0.1) is 0 Å². The summed E-state index contributed by atoms with van der Waals surface area (Å²) in [6.07, 6.45) is 1.37. The maximum absolute atomic E-state index is 11.7. The molecule has 0 aliphatic carbocycles. The van der Waals surface area contributed by atoms with Gasteiger partial charge in [0.15, 0.2) is 12.2 Å². The van der Waals surface area contributed by atoms with Gasteiger partial charge in [-0.25, -0.2) is 19.2 Å². The molecular formula is C34H38O10. The maximum atomic E-state index is 11.7. The van der Waals surface area contributed by atoms with Crippen LogP contribution in [0.15, 0.2) is 98.6 Å². The Hall–Kier alpha value is -5.12. The molecule has 2 unspecified atom stereocenters. The van der Waals surface area contributed by atoms with Crippen molar-refractivity contribution in [2.24, 2.45) is 0 Å². The third kappa shape index (κ3) is 11.3. The number of ether oxygens (including phenoxy) is 6. The zero-order chi connectivity index (χ0) is 32.7. The molecule has 0 spiro atoms. The van der Waals surface area contributed by atoms with E-state index >= 15 is 0 Å². The van der Waals surface area contributed by atoms with Crippen LogP contribution in [0.4, 0.5) is 0 Å². The first kappa shape index (κ1) is 35.1. The highest BCUT2D eigenvalue weighted by molar-refractivity contribution is 5.87. The topological polar surface area (TPSA) is 124 Å². The van der Waals surface area contributed by atoms with Gasteiger partial charge in [-0.1, -0.05) is 64.4 Å². The highest BCUT2D eigenvalue weighted by atomic mass is 16.6. The summed E-state index contributed by atoms with van der Waals surface area (Å²) in [6.45, 7) is 18.8. The van der Waals surface area contributed by atoms with Crippen molar-refractivity contribution in [1.82, 2.24) is 0 Å². The van der Waals surface area contributed by atoms with E-state index in [0.29, 0.717) is 11.5 Å². The van der Waals surface area contributed by atoms with Gasteiger partial charge in [0, 0.05) is 29.2 Å². The van der Waals surface area contributed by atoms with Crippen LogP contribution in [0.2, 0.25) is 0 Å². The summed E-state index contributed by atoms with van der Waals surface area (Å²) in [6, 6.07) is 14.9. The van der Waals surface area contributed by atoms with Gasteiger partial charge < -0.3 is 28.4 Å². The SMILES string of the molecule is C=CC(=O)OCC(COc1ccc(C(C)(C)c2ccc(OCC(COC(=O)C(=C)C)OC(=O)C=C)cc2)cc1)OC(=O)C=C. The Morgan fingerprint density at radius 2 is 1.05 bits per heavy atom. The Bertz CT molecular complexity index is 1340. The number of benzene rings is 2. The molecule has 2 aromatic carbocycles. The molecule has 0 N–H and O–H groups in total. The van der Waals surface area contributed by atoms with Crippen molar-refractivity contribution >= 4 is 23.9 Å². The van der Waals surface area contributed by atoms with Crippen LogP contribution in [0.1, 0.15) is 31.9 Å². The normalized spacial score (nSPS) is 12.0. The van der Waals surface area contributed by atoms with Gasteiger partial charge in [0.05, 0.1) is 0 Å². The van der Waals surface area contributed by atoms with E-state index in [1.807, 2.05) is 24.3 Å². The van der Waals surface area contributed by atoms with E-state index in [4.69, 9.17) is 28.4 Å². The highest BCUT2D eigenvalue weighted by Gasteiger charge is 2.24. The Morgan fingerprint density at radius 3 is 1.41 bits per heavy atom. The van der Waals surface area contributed by atoms with E-state index in [1.165, 1.54) is 6.92 Å². The molecule has 0 aliphatic rings. The lowest BCUT2D eigenvalue weighted by atomic mass is 9.78. The first-order valence-corrected chi connectivity index (χ1v) is 13.6. The lowest BCUT2D eigenvalue weighted by molar-refractivity contribution is -0.154. The summed E-state index contributed by atoms with van der Waals surface area (Å²) in [5, 5.41) is 0. The molecular weight excluding hydrogens is 568 g/mol. The molecule has 10 nitrogen and oxygen atoms in total. The van der Waals surface area contributed by atoms with Gasteiger partial charge in [-0.3, -0.25) is 0 Å². The first-order valence-electron chi connectivity index (χ1n) is 13.6. The van der Waals surface area contributed by atoms with E-state index in [1.54, 1.807) is 24.3 Å². The zero-order valence-electron chi connectivity index (χ0n) is 25.2. The van der Waals surface area contributed by atoms with Crippen LogP contribution >= 0.6 is 0 Å².